The van der Waals surface area contributed by atoms with Gasteiger partial charge in [-0.05, 0) is 12.1 Å². The highest BCUT2D eigenvalue weighted by Crippen LogP contribution is 2.31. The number of hydrogen-bond acceptors (Lipinski definition) is 2. The maximum atomic E-state index is 12.2. The van der Waals surface area contributed by atoms with Crippen LogP contribution in [0.4, 0.5) is 13.2 Å². The first-order valence-electron chi connectivity index (χ1n) is 4.41. The van der Waals surface area contributed by atoms with E-state index in [4.69, 9.17) is 0 Å². The zero-order valence-corrected chi connectivity index (χ0v) is 10.5. The van der Waals surface area contributed by atoms with Gasteiger partial charge >= 0.3 is 6.18 Å². The highest BCUT2D eigenvalue weighted by Gasteiger charge is 2.30. The van der Waals surface area contributed by atoms with Crippen LogP contribution in [0.3, 0.4) is 0 Å². The molecule has 0 N–H and O–H groups in total. The summed E-state index contributed by atoms with van der Waals surface area (Å²) in [4.78, 5) is 3.81. The fourth-order valence-electron chi connectivity index (χ4n) is 0.922. The van der Waals surface area contributed by atoms with Gasteiger partial charge in [0.2, 0.25) is 0 Å². The zero-order chi connectivity index (χ0) is 11.7. The summed E-state index contributed by atoms with van der Waals surface area (Å²) in [6, 6.07) is 2.52. The Morgan fingerprint density at radius 3 is 2.13 bits per heavy atom. The molecule has 0 aliphatic rings. The standard InChI is InChI=1S/C9H12F3NSSi/c1-15(2,3)14-8-5-4-7(6-13-8)9(10,11)12/h4-6H,1-3H3. The van der Waals surface area contributed by atoms with E-state index in [0.717, 1.165) is 12.3 Å². The predicted molar refractivity (Wildman–Crippen MR) is 58.4 cm³/mol. The molecule has 0 radical (unpaired) electrons. The minimum absolute atomic E-state index is 0.669. The molecular formula is C9H12F3NSSi. The molecule has 1 heterocycles. The molecular weight excluding hydrogens is 239 g/mol. The first kappa shape index (κ1) is 12.6. The topological polar surface area (TPSA) is 12.9 Å². The Morgan fingerprint density at radius 1 is 1.20 bits per heavy atom. The Hall–Kier alpha value is -0.493. The second-order valence-electron chi connectivity index (χ2n) is 4.10. The van der Waals surface area contributed by atoms with Gasteiger partial charge in [0.05, 0.1) is 10.6 Å². The highest BCUT2D eigenvalue weighted by molar-refractivity contribution is 8.28. The minimum Gasteiger partial charge on any atom is -0.250 e. The number of halogens is 3. The van der Waals surface area contributed by atoms with Crippen molar-refractivity contribution >= 4 is 18.4 Å². The second-order valence-corrected chi connectivity index (χ2v) is 13.2. The van der Waals surface area contributed by atoms with E-state index < -0.39 is 19.0 Å². The monoisotopic (exact) mass is 251 g/mol. The van der Waals surface area contributed by atoms with E-state index in [1.807, 2.05) is 0 Å². The Labute approximate surface area is 91.8 Å². The predicted octanol–water partition coefficient (Wildman–Crippen LogP) is 4.03. The molecule has 0 atom stereocenters. The molecule has 0 fully saturated rings. The lowest BCUT2D eigenvalue weighted by Crippen LogP contribution is -2.14. The van der Waals surface area contributed by atoms with Gasteiger partial charge in [-0.1, -0.05) is 19.6 Å². The first-order valence-corrected chi connectivity index (χ1v) is 9.45. The summed E-state index contributed by atoms with van der Waals surface area (Å²) in [5, 5.41) is 0.669. The number of nitrogens with zero attached hydrogens (tertiary/aromatic N) is 1. The SMILES string of the molecule is C[Si](C)(C)Sc1ccc(C(F)(F)F)cn1. The molecule has 0 spiro atoms. The van der Waals surface area contributed by atoms with Crippen molar-refractivity contribution in [1.29, 1.82) is 0 Å². The summed E-state index contributed by atoms with van der Waals surface area (Å²) in [6.45, 7) is 6.37. The Kier molecular flexibility index (Phi) is 3.50. The van der Waals surface area contributed by atoms with Gasteiger partial charge in [0.15, 0.2) is 0 Å². The number of alkyl halides is 3. The molecule has 1 nitrogen and oxygen atoms in total. The van der Waals surface area contributed by atoms with Gasteiger partial charge in [0, 0.05) is 6.20 Å². The highest BCUT2D eigenvalue weighted by atomic mass is 32.4. The van der Waals surface area contributed by atoms with Crippen molar-refractivity contribution in [2.45, 2.75) is 30.8 Å². The van der Waals surface area contributed by atoms with E-state index in [0.29, 0.717) is 5.03 Å². The van der Waals surface area contributed by atoms with Crippen LogP contribution in [0.2, 0.25) is 19.6 Å². The van der Waals surface area contributed by atoms with Gasteiger partial charge < -0.3 is 0 Å². The molecule has 15 heavy (non-hydrogen) atoms. The van der Waals surface area contributed by atoms with Crippen LogP contribution >= 0.6 is 11.2 Å². The maximum absolute atomic E-state index is 12.2. The lowest BCUT2D eigenvalue weighted by atomic mass is 10.3. The average Bonchev–Trinajstić information content (AvgIpc) is 2.00. The second kappa shape index (κ2) is 4.17. The van der Waals surface area contributed by atoms with Crippen LogP contribution in [0.25, 0.3) is 0 Å². The quantitative estimate of drug-likeness (QED) is 0.736. The van der Waals surface area contributed by atoms with Crippen molar-refractivity contribution in [2.24, 2.45) is 0 Å². The first-order chi connectivity index (χ1) is 6.68. The van der Waals surface area contributed by atoms with Crippen LogP contribution in [0.15, 0.2) is 23.4 Å². The normalized spacial score (nSPS) is 12.9. The summed E-state index contributed by atoms with van der Waals surface area (Å²) in [5.74, 6) is 0. The molecule has 84 valence electrons. The molecule has 6 heteroatoms. The van der Waals surface area contributed by atoms with E-state index in [1.54, 1.807) is 11.2 Å². The largest absolute Gasteiger partial charge is 0.417 e. The molecule has 0 aliphatic carbocycles. The van der Waals surface area contributed by atoms with E-state index in [1.165, 1.54) is 6.07 Å². The molecule has 0 aliphatic heterocycles. The van der Waals surface area contributed by atoms with Crippen LogP contribution in [0.5, 0.6) is 0 Å². The van der Waals surface area contributed by atoms with Crippen molar-refractivity contribution in [1.82, 2.24) is 4.98 Å². The summed E-state index contributed by atoms with van der Waals surface area (Å²) >= 11 is 1.58. The van der Waals surface area contributed by atoms with E-state index in [9.17, 15) is 13.2 Å². The van der Waals surface area contributed by atoms with E-state index >= 15 is 0 Å². The molecule has 0 unspecified atom stereocenters. The lowest BCUT2D eigenvalue weighted by molar-refractivity contribution is -0.137. The van der Waals surface area contributed by atoms with Gasteiger partial charge in [0.25, 0.3) is 0 Å². The van der Waals surface area contributed by atoms with Gasteiger partial charge in [-0.15, -0.1) is 11.2 Å². The smallest absolute Gasteiger partial charge is 0.250 e. The lowest BCUT2D eigenvalue weighted by Gasteiger charge is -2.14. The molecule has 0 saturated carbocycles. The summed E-state index contributed by atoms with van der Waals surface area (Å²) in [7, 11) is -1.39. The van der Waals surface area contributed by atoms with Gasteiger partial charge in [0.1, 0.15) is 7.22 Å². The van der Waals surface area contributed by atoms with E-state index in [2.05, 4.69) is 24.6 Å². The molecule has 0 aromatic carbocycles. The Bertz CT molecular complexity index is 329. The molecule has 0 amide bonds. The van der Waals surface area contributed by atoms with Gasteiger partial charge in [-0.3, -0.25) is 0 Å². The molecule has 1 rings (SSSR count). The van der Waals surface area contributed by atoms with Gasteiger partial charge in [-0.25, -0.2) is 4.98 Å². The van der Waals surface area contributed by atoms with Crippen LogP contribution in [0, 0.1) is 0 Å². The van der Waals surface area contributed by atoms with Crippen LogP contribution in [-0.4, -0.2) is 12.2 Å². The molecule has 1 aromatic heterocycles. The molecule has 1 aromatic rings. The van der Waals surface area contributed by atoms with Crippen LogP contribution < -0.4 is 0 Å². The summed E-state index contributed by atoms with van der Waals surface area (Å²) in [5.41, 5.74) is -0.692. The number of rotatable bonds is 2. The van der Waals surface area contributed by atoms with Crippen molar-refractivity contribution in [3.8, 4) is 0 Å². The minimum atomic E-state index is -4.30. The Balaban J connectivity index is 2.82. The third-order valence-electron chi connectivity index (χ3n) is 1.47. The third-order valence-corrected chi connectivity index (χ3v) is 5.00. The third kappa shape index (κ3) is 4.25. The molecule has 0 saturated heterocycles. The zero-order valence-electron chi connectivity index (χ0n) is 8.72. The number of pyridine rings is 1. The molecule has 0 bridgehead atoms. The average molecular weight is 251 g/mol. The van der Waals surface area contributed by atoms with Crippen molar-refractivity contribution < 1.29 is 13.2 Å². The van der Waals surface area contributed by atoms with Crippen molar-refractivity contribution in [3.63, 3.8) is 0 Å². The van der Waals surface area contributed by atoms with Crippen molar-refractivity contribution in [3.05, 3.63) is 23.9 Å². The Morgan fingerprint density at radius 2 is 1.80 bits per heavy atom. The van der Waals surface area contributed by atoms with Gasteiger partial charge in [-0.2, -0.15) is 13.2 Å². The van der Waals surface area contributed by atoms with Crippen LogP contribution in [0.1, 0.15) is 5.56 Å². The fraction of sp³-hybridized carbons (Fsp3) is 0.444. The van der Waals surface area contributed by atoms with E-state index in [-0.39, 0.29) is 0 Å². The number of aromatic nitrogens is 1. The fourth-order valence-corrected chi connectivity index (χ4v) is 4.04. The number of hydrogen-bond donors (Lipinski definition) is 0. The summed E-state index contributed by atoms with van der Waals surface area (Å²) in [6.07, 6.45) is -3.40. The van der Waals surface area contributed by atoms with Crippen LogP contribution in [-0.2, 0) is 6.18 Å². The summed E-state index contributed by atoms with van der Waals surface area (Å²) < 4.78 is 36.7. The van der Waals surface area contributed by atoms with Crippen molar-refractivity contribution in [2.75, 3.05) is 0 Å². The maximum Gasteiger partial charge on any atom is 0.417 e.